The maximum absolute atomic E-state index is 13.0. The number of fused-ring (bicyclic) bond motifs is 1. The lowest BCUT2D eigenvalue weighted by molar-refractivity contribution is 0.102. The van der Waals surface area contributed by atoms with E-state index in [2.05, 4.69) is 30.6 Å². The van der Waals surface area contributed by atoms with Crippen molar-refractivity contribution in [3.63, 3.8) is 0 Å². The predicted octanol–water partition coefficient (Wildman–Crippen LogP) is 5.00. The molecule has 0 unspecified atom stereocenters. The molecule has 10 heteroatoms. The highest BCUT2D eigenvalue weighted by Gasteiger charge is 2.19. The molecule has 0 fully saturated rings. The van der Waals surface area contributed by atoms with Gasteiger partial charge in [0.1, 0.15) is 5.69 Å². The third-order valence-electron chi connectivity index (χ3n) is 5.16. The Kier molecular flexibility index (Phi) is 5.75. The van der Waals surface area contributed by atoms with Crippen molar-refractivity contribution in [1.29, 1.82) is 0 Å². The lowest BCUT2D eigenvalue weighted by Crippen LogP contribution is -2.12. The van der Waals surface area contributed by atoms with Crippen LogP contribution in [0.4, 0.5) is 17.2 Å². The molecule has 170 valence electrons. The first-order chi connectivity index (χ1) is 17.2. The number of amides is 1. The zero-order chi connectivity index (χ0) is 24.2. The molecule has 2 N–H and O–H groups in total. The lowest BCUT2D eigenvalue weighted by Gasteiger charge is -2.11. The standard InChI is InChI=1S/C25H17N7O3/c33-15-17-14-28-32(25-26-11-6-12-27-25)23(17)31-30-21-19-10-5-4-7-16(19)13-20(22(21)34)24(35)29-18-8-2-1-3-9-18/h1-15,34H,(H,29,35)/b31-30+. The van der Waals surface area contributed by atoms with Crippen LogP contribution in [0.5, 0.6) is 5.75 Å². The Labute approximate surface area is 198 Å². The fourth-order valence-electron chi connectivity index (χ4n) is 3.49. The number of rotatable bonds is 6. The van der Waals surface area contributed by atoms with Gasteiger partial charge in [0, 0.05) is 23.5 Å². The first-order valence-electron chi connectivity index (χ1n) is 10.5. The van der Waals surface area contributed by atoms with Crippen LogP contribution in [0.3, 0.4) is 0 Å². The summed E-state index contributed by atoms with van der Waals surface area (Å²) in [6.07, 6.45) is 4.96. The van der Waals surface area contributed by atoms with Crippen LogP contribution >= 0.6 is 0 Å². The minimum atomic E-state index is -0.507. The van der Waals surface area contributed by atoms with Crippen molar-refractivity contribution in [2.24, 2.45) is 10.2 Å². The van der Waals surface area contributed by atoms with Crippen molar-refractivity contribution >= 4 is 40.2 Å². The van der Waals surface area contributed by atoms with Gasteiger partial charge in [-0.15, -0.1) is 10.2 Å². The molecule has 0 aliphatic rings. The number of carbonyl (C=O) groups is 2. The first kappa shape index (κ1) is 21.6. The van der Waals surface area contributed by atoms with Gasteiger partial charge in [-0.1, -0.05) is 42.5 Å². The number of benzene rings is 3. The second-order valence-corrected chi connectivity index (χ2v) is 7.36. The number of carbonyl (C=O) groups excluding carboxylic acids is 2. The molecule has 2 aromatic heterocycles. The predicted molar refractivity (Wildman–Crippen MR) is 129 cm³/mol. The molecule has 0 saturated heterocycles. The van der Waals surface area contributed by atoms with Crippen molar-refractivity contribution < 1.29 is 14.7 Å². The molecule has 3 aromatic carbocycles. The monoisotopic (exact) mass is 463 g/mol. The summed E-state index contributed by atoms with van der Waals surface area (Å²) in [5, 5.41) is 27.6. The second-order valence-electron chi connectivity index (χ2n) is 7.36. The molecule has 0 atom stereocenters. The number of hydrogen-bond acceptors (Lipinski definition) is 8. The molecular formula is C25H17N7O3. The summed E-state index contributed by atoms with van der Waals surface area (Å²) in [7, 11) is 0. The summed E-state index contributed by atoms with van der Waals surface area (Å²) >= 11 is 0. The summed E-state index contributed by atoms with van der Waals surface area (Å²) in [6, 6.07) is 19.3. The molecule has 5 aromatic rings. The number of nitrogens with zero attached hydrogens (tertiary/aromatic N) is 6. The number of aldehydes is 1. The Morgan fingerprint density at radius 1 is 0.971 bits per heavy atom. The van der Waals surface area contributed by atoms with Gasteiger partial charge in [-0.05, 0) is 29.7 Å². The van der Waals surface area contributed by atoms with Crippen molar-refractivity contribution in [2.75, 3.05) is 5.32 Å². The Morgan fingerprint density at radius 2 is 1.71 bits per heavy atom. The average Bonchev–Trinajstić information content (AvgIpc) is 3.32. The molecule has 0 aliphatic heterocycles. The fourth-order valence-corrected chi connectivity index (χ4v) is 3.49. The molecule has 35 heavy (non-hydrogen) atoms. The fraction of sp³-hybridized carbons (Fsp3) is 0. The number of phenolic OH excluding ortho intramolecular Hbond substituents is 1. The molecule has 0 spiro atoms. The van der Waals surface area contributed by atoms with Crippen LogP contribution in [0, 0.1) is 0 Å². The topological polar surface area (TPSA) is 135 Å². The van der Waals surface area contributed by atoms with Crippen molar-refractivity contribution in [3.05, 3.63) is 96.4 Å². The zero-order valence-corrected chi connectivity index (χ0v) is 18.1. The van der Waals surface area contributed by atoms with E-state index in [0.717, 1.165) is 0 Å². The molecule has 0 radical (unpaired) electrons. The maximum Gasteiger partial charge on any atom is 0.259 e. The van der Waals surface area contributed by atoms with E-state index in [-0.39, 0.29) is 34.3 Å². The molecule has 5 rings (SSSR count). The third-order valence-corrected chi connectivity index (χ3v) is 5.16. The maximum atomic E-state index is 13.0. The molecule has 0 aliphatic carbocycles. The summed E-state index contributed by atoms with van der Waals surface area (Å²) in [6.45, 7) is 0. The minimum Gasteiger partial charge on any atom is -0.505 e. The lowest BCUT2D eigenvalue weighted by atomic mass is 10.0. The van der Waals surface area contributed by atoms with Crippen LogP contribution in [0.15, 0.2) is 95.5 Å². The summed E-state index contributed by atoms with van der Waals surface area (Å²) < 4.78 is 1.26. The van der Waals surface area contributed by atoms with Crippen LogP contribution in [0.1, 0.15) is 20.7 Å². The largest absolute Gasteiger partial charge is 0.505 e. The Morgan fingerprint density at radius 3 is 2.49 bits per heavy atom. The van der Waals surface area contributed by atoms with Gasteiger partial charge in [-0.3, -0.25) is 9.59 Å². The van der Waals surface area contributed by atoms with Gasteiger partial charge in [-0.2, -0.15) is 9.78 Å². The van der Waals surface area contributed by atoms with Gasteiger partial charge in [0.2, 0.25) is 0 Å². The van der Waals surface area contributed by atoms with E-state index < -0.39 is 5.91 Å². The average molecular weight is 463 g/mol. The van der Waals surface area contributed by atoms with Crippen LogP contribution in [-0.2, 0) is 0 Å². The second kappa shape index (κ2) is 9.32. The number of anilines is 1. The van der Waals surface area contributed by atoms with Crippen molar-refractivity contribution in [1.82, 2.24) is 19.7 Å². The first-order valence-corrected chi connectivity index (χ1v) is 10.5. The Balaban J connectivity index is 1.61. The number of hydrogen-bond donors (Lipinski definition) is 2. The van der Waals surface area contributed by atoms with Crippen LogP contribution in [-0.4, -0.2) is 37.0 Å². The van der Waals surface area contributed by atoms with Gasteiger partial charge >= 0.3 is 0 Å². The van der Waals surface area contributed by atoms with Gasteiger partial charge in [-0.25, -0.2) is 9.97 Å². The summed E-state index contributed by atoms with van der Waals surface area (Å²) in [4.78, 5) is 32.8. The summed E-state index contributed by atoms with van der Waals surface area (Å²) in [5.74, 6) is -0.587. The van der Waals surface area contributed by atoms with Crippen molar-refractivity contribution in [3.8, 4) is 11.7 Å². The van der Waals surface area contributed by atoms with Gasteiger partial charge in [0.05, 0.1) is 17.3 Å². The van der Waals surface area contributed by atoms with E-state index in [1.807, 2.05) is 12.1 Å². The number of nitrogens with one attached hydrogen (secondary N) is 1. The van der Waals surface area contributed by atoms with E-state index in [9.17, 15) is 14.7 Å². The van der Waals surface area contributed by atoms with E-state index >= 15 is 0 Å². The number of aromatic nitrogens is 4. The molecule has 10 nitrogen and oxygen atoms in total. The number of azo groups is 1. The van der Waals surface area contributed by atoms with E-state index in [1.54, 1.807) is 54.6 Å². The van der Waals surface area contributed by atoms with Gasteiger partial charge in [0.25, 0.3) is 11.9 Å². The normalized spacial score (nSPS) is 11.1. The number of phenols is 1. The van der Waals surface area contributed by atoms with Crippen LogP contribution in [0.25, 0.3) is 16.7 Å². The molecule has 1 amide bonds. The van der Waals surface area contributed by atoms with Crippen LogP contribution in [0.2, 0.25) is 0 Å². The van der Waals surface area contributed by atoms with Crippen molar-refractivity contribution in [2.45, 2.75) is 0 Å². The van der Waals surface area contributed by atoms with Gasteiger partial charge < -0.3 is 10.4 Å². The zero-order valence-electron chi connectivity index (χ0n) is 18.1. The molecule has 2 heterocycles. The molecular weight excluding hydrogens is 446 g/mol. The van der Waals surface area contributed by atoms with E-state index in [0.29, 0.717) is 22.7 Å². The Hall–Kier alpha value is -5.25. The smallest absolute Gasteiger partial charge is 0.259 e. The minimum absolute atomic E-state index is 0.0250. The van der Waals surface area contributed by atoms with E-state index in [1.165, 1.54) is 23.3 Å². The summed E-state index contributed by atoms with van der Waals surface area (Å²) in [5.41, 5.74) is 0.829. The highest BCUT2D eigenvalue weighted by Crippen LogP contribution is 2.40. The number of para-hydroxylation sites is 1. The SMILES string of the molecule is O=Cc1cnn(-c2ncccn2)c1/N=N/c1c(O)c(C(=O)Nc2ccccc2)cc2ccccc12. The van der Waals surface area contributed by atoms with E-state index in [4.69, 9.17) is 0 Å². The quantitative estimate of drug-likeness (QED) is 0.269. The molecule has 0 bridgehead atoms. The Bertz CT molecular complexity index is 1560. The van der Waals surface area contributed by atoms with Gasteiger partial charge in [0.15, 0.2) is 17.9 Å². The third kappa shape index (κ3) is 4.23. The highest BCUT2D eigenvalue weighted by atomic mass is 16.3. The molecule has 0 saturated carbocycles. The highest BCUT2D eigenvalue weighted by molar-refractivity contribution is 6.11. The van der Waals surface area contributed by atoms with Crippen LogP contribution < -0.4 is 5.32 Å². The number of aromatic hydroxyl groups is 1.